The lowest BCUT2D eigenvalue weighted by atomic mass is 10.1. The average molecular weight is 234 g/mol. The van der Waals surface area contributed by atoms with E-state index < -0.39 is 0 Å². The van der Waals surface area contributed by atoms with Crippen LogP contribution in [-0.4, -0.2) is 15.0 Å². The first kappa shape index (κ1) is 11.2. The Kier molecular flexibility index (Phi) is 3.26. The zero-order valence-electron chi connectivity index (χ0n) is 9.34. The molecule has 0 spiro atoms. The monoisotopic (exact) mass is 234 g/mol. The second kappa shape index (κ2) is 4.67. The van der Waals surface area contributed by atoms with E-state index in [1.807, 2.05) is 25.3 Å². The van der Waals surface area contributed by atoms with Crippen LogP contribution in [0.15, 0.2) is 17.6 Å². The summed E-state index contributed by atoms with van der Waals surface area (Å²) < 4.78 is 0. The first-order chi connectivity index (χ1) is 7.65. The van der Waals surface area contributed by atoms with Crippen LogP contribution in [0.2, 0.25) is 0 Å². The predicted molar refractivity (Wildman–Crippen MR) is 64.3 cm³/mol. The van der Waals surface area contributed by atoms with Gasteiger partial charge in [0, 0.05) is 18.0 Å². The molecule has 0 amide bonds. The number of aromatic nitrogens is 3. The molecule has 5 heteroatoms. The van der Waals surface area contributed by atoms with Gasteiger partial charge < -0.3 is 5.73 Å². The fourth-order valence-electron chi connectivity index (χ4n) is 1.51. The van der Waals surface area contributed by atoms with Gasteiger partial charge in [-0.1, -0.05) is 0 Å². The minimum absolute atomic E-state index is 0.108. The molecule has 84 valence electrons. The van der Waals surface area contributed by atoms with Gasteiger partial charge in [0.2, 0.25) is 0 Å². The third-order valence-electron chi connectivity index (χ3n) is 2.27. The number of nitrogens with two attached hydrogens (primary N) is 1. The van der Waals surface area contributed by atoms with E-state index >= 15 is 0 Å². The van der Waals surface area contributed by atoms with E-state index in [1.54, 1.807) is 17.5 Å². The van der Waals surface area contributed by atoms with Gasteiger partial charge in [0.15, 0.2) is 0 Å². The average Bonchev–Trinajstić information content (AvgIpc) is 2.64. The molecule has 16 heavy (non-hydrogen) atoms. The molecule has 0 aliphatic rings. The van der Waals surface area contributed by atoms with E-state index in [2.05, 4.69) is 15.0 Å². The zero-order chi connectivity index (χ0) is 11.5. The fourth-order valence-corrected chi connectivity index (χ4v) is 2.14. The van der Waals surface area contributed by atoms with Crippen molar-refractivity contribution < 1.29 is 0 Å². The van der Waals surface area contributed by atoms with Crippen LogP contribution in [0.3, 0.4) is 0 Å². The molecule has 2 heterocycles. The molecule has 0 aliphatic carbocycles. The molecule has 4 nitrogen and oxygen atoms in total. The van der Waals surface area contributed by atoms with Crippen molar-refractivity contribution in [3.05, 3.63) is 39.9 Å². The summed E-state index contributed by atoms with van der Waals surface area (Å²) in [6, 6.07) is 1.75. The molecule has 0 aliphatic heterocycles. The van der Waals surface area contributed by atoms with Crippen molar-refractivity contribution >= 4 is 11.3 Å². The Balaban J connectivity index is 2.11. The summed E-state index contributed by atoms with van der Waals surface area (Å²) in [6.07, 6.45) is 2.46. The lowest BCUT2D eigenvalue weighted by Crippen LogP contribution is -2.15. The Morgan fingerprint density at radius 1 is 1.38 bits per heavy atom. The third kappa shape index (κ3) is 2.62. The van der Waals surface area contributed by atoms with Crippen molar-refractivity contribution in [2.24, 2.45) is 5.73 Å². The van der Waals surface area contributed by atoms with Crippen molar-refractivity contribution in [3.63, 3.8) is 0 Å². The van der Waals surface area contributed by atoms with Gasteiger partial charge in [-0.15, -0.1) is 11.3 Å². The van der Waals surface area contributed by atoms with Crippen LogP contribution in [-0.2, 0) is 6.42 Å². The number of nitrogens with zero attached hydrogens (tertiary/aromatic N) is 3. The Morgan fingerprint density at radius 2 is 2.19 bits per heavy atom. The Labute approximate surface area is 98.6 Å². The summed E-state index contributed by atoms with van der Waals surface area (Å²) >= 11 is 1.65. The topological polar surface area (TPSA) is 64.7 Å². The van der Waals surface area contributed by atoms with E-state index in [0.29, 0.717) is 0 Å². The van der Waals surface area contributed by atoms with Gasteiger partial charge in [0.1, 0.15) is 5.82 Å². The van der Waals surface area contributed by atoms with Gasteiger partial charge in [-0.3, -0.25) is 0 Å². The van der Waals surface area contributed by atoms with Crippen molar-refractivity contribution in [3.8, 4) is 0 Å². The maximum atomic E-state index is 6.08. The third-order valence-corrected chi connectivity index (χ3v) is 3.10. The Hall–Kier alpha value is -1.33. The Bertz CT molecular complexity index is 480. The van der Waals surface area contributed by atoms with Crippen LogP contribution in [0.4, 0.5) is 0 Å². The van der Waals surface area contributed by atoms with Gasteiger partial charge in [0.25, 0.3) is 0 Å². The van der Waals surface area contributed by atoms with Crippen LogP contribution >= 0.6 is 11.3 Å². The highest BCUT2D eigenvalue weighted by atomic mass is 32.1. The molecule has 2 N–H and O–H groups in total. The van der Waals surface area contributed by atoms with Crippen molar-refractivity contribution in [2.45, 2.75) is 26.3 Å². The van der Waals surface area contributed by atoms with Crippen LogP contribution in [0, 0.1) is 13.8 Å². The molecule has 1 unspecified atom stereocenters. The van der Waals surface area contributed by atoms with E-state index in [0.717, 1.165) is 28.6 Å². The molecule has 1 atom stereocenters. The second-order valence-electron chi connectivity index (χ2n) is 3.70. The smallest absolute Gasteiger partial charge is 0.125 e. The molecule has 0 fully saturated rings. The van der Waals surface area contributed by atoms with Crippen LogP contribution in [0.1, 0.15) is 28.3 Å². The largest absolute Gasteiger partial charge is 0.322 e. The first-order valence-corrected chi connectivity index (χ1v) is 5.99. The van der Waals surface area contributed by atoms with Gasteiger partial charge in [-0.05, 0) is 19.9 Å². The van der Waals surface area contributed by atoms with E-state index in [4.69, 9.17) is 5.73 Å². The lowest BCUT2D eigenvalue weighted by Gasteiger charge is -2.09. The molecule has 0 aromatic carbocycles. The second-order valence-corrected chi connectivity index (χ2v) is 4.76. The number of aryl methyl sites for hydroxylation is 2. The van der Waals surface area contributed by atoms with E-state index in [9.17, 15) is 0 Å². The summed E-state index contributed by atoms with van der Waals surface area (Å²) in [5.41, 5.74) is 7.99. The fraction of sp³-hybridized carbons (Fsp3) is 0.364. The zero-order valence-corrected chi connectivity index (χ0v) is 10.2. The van der Waals surface area contributed by atoms with Crippen LogP contribution in [0.5, 0.6) is 0 Å². The first-order valence-electron chi connectivity index (χ1n) is 5.11. The predicted octanol–water partition coefficient (Wildman–Crippen LogP) is 1.79. The standard InChI is InChI=1S/C11H14N4S/c1-7-13-4-3-11(14-7)10(12)5-9-6-16-8(2)15-9/h3-4,6,10H,5,12H2,1-2H3. The van der Waals surface area contributed by atoms with Crippen LogP contribution in [0.25, 0.3) is 0 Å². The van der Waals surface area contributed by atoms with Gasteiger partial charge >= 0.3 is 0 Å². The molecular formula is C11H14N4S. The molecule has 0 saturated carbocycles. The molecule has 0 saturated heterocycles. The minimum atomic E-state index is -0.108. The van der Waals surface area contributed by atoms with Gasteiger partial charge in [-0.2, -0.15) is 0 Å². The van der Waals surface area contributed by atoms with E-state index in [1.165, 1.54) is 0 Å². The highest BCUT2D eigenvalue weighted by Crippen LogP contribution is 2.15. The van der Waals surface area contributed by atoms with Crippen molar-refractivity contribution in [1.29, 1.82) is 0 Å². The maximum absolute atomic E-state index is 6.08. The summed E-state index contributed by atoms with van der Waals surface area (Å²) in [7, 11) is 0. The highest BCUT2D eigenvalue weighted by Gasteiger charge is 2.10. The SMILES string of the molecule is Cc1nccc(C(N)Cc2csc(C)n2)n1. The highest BCUT2D eigenvalue weighted by molar-refractivity contribution is 7.09. The quantitative estimate of drug-likeness (QED) is 0.879. The number of hydrogen-bond donors (Lipinski definition) is 1. The number of hydrogen-bond acceptors (Lipinski definition) is 5. The molecule has 0 radical (unpaired) electrons. The van der Waals surface area contributed by atoms with Gasteiger partial charge in [0.05, 0.1) is 22.4 Å². The van der Waals surface area contributed by atoms with Crippen LogP contribution < -0.4 is 5.73 Å². The molecule has 2 aromatic rings. The van der Waals surface area contributed by atoms with E-state index in [-0.39, 0.29) is 6.04 Å². The van der Waals surface area contributed by atoms with Crippen molar-refractivity contribution in [1.82, 2.24) is 15.0 Å². The van der Waals surface area contributed by atoms with Crippen molar-refractivity contribution in [2.75, 3.05) is 0 Å². The summed E-state index contributed by atoms with van der Waals surface area (Å²) in [4.78, 5) is 12.8. The number of thiazole rings is 1. The minimum Gasteiger partial charge on any atom is -0.322 e. The summed E-state index contributed by atoms with van der Waals surface area (Å²) in [5, 5.41) is 3.12. The molecule has 2 rings (SSSR count). The molecular weight excluding hydrogens is 220 g/mol. The lowest BCUT2D eigenvalue weighted by molar-refractivity contribution is 0.678. The summed E-state index contributed by atoms with van der Waals surface area (Å²) in [6.45, 7) is 3.86. The normalized spacial score (nSPS) is 12.7. The van der Waals surface area contributed by atoms with Gasteiger partial charge in [-0.25, -0.2) is 15.0 Å². The summed E-state index contributed by atoms with van der Waals surface area (Å²) in [5.74, 6) is 0.752. The Morgan fingerprint density at radius 3 is 2.81 bits per heavy atom. The molecule has 0 bridgehead atoms. The number of rotatable bonds is 3. The molecule has 2 aromatic heterocycles. The maximum Gasteiger partial charge on any atom is 0.125 e.